The molecule has 5 nitrogen and oxygen atoms in total. The van der Waals surface area contributed by atoms with Crippen LogP contribution in [0, 0.1) is 5.92 Å². The zero-order valence-electron chi connectivity index (χ0n) is 11.0. The fourth-order valence-corrected chi connectivity index (χ4v) is 2.20. The predicted molar refractivity (Wildman–Crippen MR) is 77.3 cm³/mol. The van der Waals surface area contributed by atoms with Gasteiger partial charge in [0.1, 0.15) is 0 Å². The van der Waals surface area contributed by atoms with Crippen LogP contribution in [0.25, 0.3) is 0 Å². The molecule has 1 fully saturated rings. The number of carbonyl (C=O) groups is 2. The van der Waals surface area contributed by atoms with E-state index in [0.717, 1.165) is 6.54 Å². The monoisotopic (exact) mass is 296 g/mol. The quantitative estimate of drug-likeness (QED) is 0.753. The molecule has 20 heavy (non-hydrogen) atoms. The highest BCUT2D eigenvalue weighted by Crippen LogP contribution is 2.25. The fourth-order valence-electron chi connectivity index (χ4n) is 2.04. The highest BCUT2D eigenvalue weighted by molar-refractivity contribution is 6.33. The molecule has 1 saturated carbocycles. The van der Waals surface area contributed by atoms with E-state index < -0.39 is 5.97 Å². The van der Waals surface area contributed by atoms with Gasteiger partial charge in [0, 0.05) is 0 Å². The Morgan fingerprint density at radius 2 is 2.10 bits per heavy atom. The number of carboxylic acids is 1. The standard InChI is InChI=1S/C14H17ClN2O3/c15-11-5-4-10(14(19)20)6-12(11)17-13(18)8-16-7-9-2-1-3-9/h4-6,9,16H,1-3,7-8H2,(H,17,18)(H,19,20). The van der Waals surface area contributed by atoms with Gasteiger partial charge in [-0.2, -0.15) is 0 Å². The molecule has 0 saturated heterocycles. The highest BCUT2D eigenvalue weighted by Gasteiger charge is 2.17. The van der Waals surface area contributed by atoms with E-state index in [2.05, 4.69) is 10.6 Å². The summed E-state index contributed by atoms with van der Waals surface area (Å²) in [7, 11) is 0. The van der Waals surface area contributed by atoms with Gasteiger partial charge in [-0.3, -0.25) is 4.79 Å². The average Bonchev–Trinajstić information content (AvgIpc) is 2.34. The molecule has 0 spiro atoms. The van der Waals surface area contributed by atoms with Gasteiger partial charge < -0.3 is 15.7 Å². The molecular weight excluding hydrogens is 280 g/mol. The van der Waals surface area contributed by atoms with Crippen LogP contribution in [0.3, 0.4) is 0 Å². The zero-order valence-corrected chi connectivity index (χ0v) is 11.7. The van der Waals surface area contributed by atoms with Gasteiger partial charge in [0.25, 0.3) is 0 Å². The molecule has 0 atom stereocenters. The van der Waals surface area contributed by atoms with Gasteiger partial charge in [-0.15, -0.1) is 0 Å². The zero-order chi connectivity index (χ0) is 14.5. The molecule has 3 N–H and O–H groups in total. The Hall–Kier alpha value is -1.59. The normalized spacial score (nSPS) is 14.7. The molecule has 0 bridgehead atoms. The second-order valence-corrected chi connectivity index (χ2v) is 5.38. The summed E-state index contributed by atoms with van der Waals surface area (Å²) in [4.78, 5) is 22.6. The van der Waals surface area contributed by atoms with E-state index in [0.29, 0.717) is 16.6 Å². The van der Waals surface area contributed by atoms with E-state index in [9.17, 15) is 9.59 Å². The summed E-state index contributed by atoms with van der Waals surface area (Å²) in [5, 5.41) is 14.9. The van der Waals surface area contributed by atoms with Crippen LogP contribution in [-0.4, -0.2) is 30.1 Å². The molecule has 6 heteroatoms. The summed E-state index contributed by atoms with van der Waals surface area (Å²) in [5.74, 6) is -0.601. The molecule has 108 valence electrons. The van der Waals surface area contributed by atoms with Crippen molar-refractivity contribution in [3.8, 4) is 0 Å². The van der Waals surface area contributed by atoms with Crippen molar-refractivity contribution in [3.05, 3.63) is 28.8 Å². The predicted octanol–water partition coefficient (Wildman–Crippen LogP) is 2.37. The lowest BCUT2D eigenvalue weighted by atomic mass is 9.85. The second kappa shape index (κ2) is 6.72. The number of nitrogens with one attached hydrogen (secondary N) is 2. The maximum Gasteiger partial charge on any atom is 0.335 e. The number of rotatable bonds is 6. The highest BCUT2D eigenvalue weighted by atomic mass is 35.5. The van der Waals surface area contributed by atoms with E-state index in [1.54, 1.807) is 0 Å². The third-order valence-electron chi connectivity index (χ3n) is 3.43. The smallest absolute Gasteiger partial charge is 0.335 e. The summed E-state index contributed by atoms with van der Waals surface area (Å²) in [6, 6.07) is 4.21. The van der Waals surface area contributed by atoms with Gasteiger partial charge in [-0.1, -0.05) is 18.0 Å². The van der Waals surface area contributed by atoms with Crippen LogP contribution in [0.2, 0.25) is 5.02 Å². The number of aromatic carboxylic acids is 1. The van der Waals surface area contributed by atoms with Crippen molar-refractivity contribution in [2.24, 2.45) is 5.92 Å². The fraction of sp³-hybridized carbons (Fsp3) is 0.429. The molecule has 0 aliphatic heterocycles. The van der Waals surface area contributed by atoms with Crippen LogP contribution in [-0.2, 0) is 4.79 Å². The van der Waals surface area contributed by atoms with Crippen LogP contribution in [0.5, 0.6) is 0 Å². The van der Waals surface area contributed by atoms with Crippen molar-refractivity contribution in [1.29, 1.82) is 0 Å². The first-order chi connectivity index (χ1) is 9.56. The minimum absolute atomic E-state index is 0.0899. The number of hydrogen-bond acceptors (Lipinski definition) is 3. The number of benzene rings is 1. The summed E-state index contributed by atoms with van der Waals surface area (Å²) >= 11 is 5.93. The Balaban J connectivity index is 1.86. The number of halogens is 1. The first-order valence-corrected chi connectivity index (χ1v) is 6.97. The maximum absolute atomic E-state index is 11.8. The summed E-state index contributed by atoms with van der Waals surface area (Å²) in [6.07, 6.45) is 3.72. The van der Waals surface area contributed by atoms with Gasteiger partial charge in [0.2, 0.25) is 5.91 Å². The Bertz CT molecular complexity index is 515. The van der Waals surface area contributed by atoms with Crippen molar-refractivity contribution in [1.82, 2.24) is 5.32 Å². The first kappa shape index (κ1) is 14.8. The molecular formula is C14H17ClN2O3. The average molecular weight is 297 g/mol. The number of carbonyl (C=O) groups excluding carboxylic acids is 1. The Kier molecular flexibility index (Phi) is 4.98. The van der Waals surface area contributed by atoms with Crippen molar-refractivity contribution >= 4 is 29.2 Å². The van der Waals surface area contributed by atoms with E-state index in [-0.39, 0.29) is 18.0 Å². The molecule has 1 aliphatic carbocycles. The van der Waals surface area contributed by atoms with E-state index >= 15 is 0 Å². The Morgan fingerprint density at radius 1 is 1.35 bits per heavy atom. The molecule has 1 aromatic carbocycles. The summed E-state index contributed by atoms with van der Waals surface area (Å²) in [5.41, 5.74) is 0.411. The van der Waals surface area contributed by atoms with Crippen LogP contribution in [0.4, 0.5) is 5.69 Å². The van der Waals surface area contributed by atoms with Gasteiger partial charge >= 0.3 is 5.97 Å². The summed E-state index contributed by atoms with van der Waals surface area (Å²) in [6.45, 7) is 1.04. The third kappa shape index (κ3) is 3.95. The Morgan fingerprint density at radius 3 is 2.70 bits per heavy atom. The molecule has 1 aromatic rings. The van der Waals surface area contributed by atoms with Crippen molar-refractivity contribution in [3.63, 3.8) is 0 Å². The number of carboxylic acid groups (broad SMARTS) is 1. The lowest BCUT2D eigenvalue weighted by Crippen LogP contribution is -2.33. The third-order valence-corrected chi connectivity index (χ3v) is 3.76. The number of amides is 1. The minimum Gasteiger partial charge on any atom is -0.478 e. The molecule has 0 aromatic heterocycles. The largest absolute Gasteiger partial charge is 0.478 e. The number of hydrogen-bond donors (Lipinski definition) is 3. The maximum atomic E-state index is 11.8. The van der Waals surface area contributed by atoms with E-state index in [1.165, 1.54) is 37.5 Å². The minimum atomic E-state index is -1.06. The van der Waals surface area contributed by atoms with Crippen LogP contribution < -0.4 is 10.6 Å². The Labute approximate surface area is 122 Å². The van der Waals surface area contributed by atoms with Crippen LogP contribution in [0.1, 0.15) is 29.6 Å². The lowest BCUT2D eigenvalue weighted by Gasteiger charge is -2.25. The van der Waals surface area contributed by atoms with Gasteiger partial charge in [0.15, 0.2) is 0 Å². The molecule has 0 radical (unpaired) electrons. The van der Waals surface area contributed by atoms with E-state index in [1.807, 2.05) is 0 Å². The van der Waals surface area contributed by atoms with Crippen LogP contribution in [0.15, 0.2) is 18.2 Å². The van der Waals surface area contributed by atoms with Crippen molar-refractivity contribution in [2.45, 2.75) is 19.3 Å². The molecule has 1 aliphatic rings. The van der Waals surface area contributed by atoms with Gasteiger partial charge in [0.05, 0.1) is 22.8 Å². The van der Waals surface area contributed by atoms with Crippen molar-refractivity contribution < 1.29 is 14.7 Å². The SMILES string of the molecule is O=C(CNCC1CCC1)Nc1cc(C(=O)O)ccc1Cl. The lowest BCUT2D eigenvalue weighted by molar-refractivity contribution is -0.115. The number of anilines is 1. The van der Waals surface area contributed by atoms with E-state index in [4.69, 9.17) is 16.7 Å². The van der Waals surface area contributed by atoms with Crippen LogP contribution >= 0.6 is 11.6 Å². The molecule has 0 heterocycles. The van der Waals surface area contributed by atoms with Gasteiger partial charge in [-0.05, 0) is 43.5 Å². The molecule has 1 amide bonds. The molecule has 2 rings (SSSR count). The topological polar surface area (TPSA) is 78.4 Å². The van der Waals surface area contributed by atoms with Crippen molar-refractivity contribution in [2.75, 3.05) is 18.4 Å². The first-order valence-electron chi connectivity index (χ1n) is 6.59. The second-order valence-electron chi connectivity index (χ2n) is 4.98. The van der Waals surface area contributed by atoms with Gasteiger partial charge in [-0.25, -0.2) is 4.79 Å². The molecule has 0 unspecified atom stereocenters. The summed E-state index contributed by atoms with van der Waals surface area (Å²) < 4.78 is 0.